The van der Waals surface area contributed by atoms with Gasteiger partial charge in [-0.3, -0.25) is 4.18 Å². The monoisotopic (exact) mass is 267 g/mol. The summed E-state index contributed by atoms with van der Waals surface area (Å²) in [5, 5.41) is 3.65. The molecule has 2 rings (SSSR count). The van der Waals surface area contributed by atoms with E-state index >= 15 is 0 Å². The molecule has 0 fully saturated rings. The van der Waals surface area contributed by atoms with E-state index in [9.17, 15) is 8.42 Å². The fraction of sp³-hybridized carbons (Fsp3) is 0.250. The molecule has 1 aromatic carbocycles. The number of benzene rings is 1. The molecular formula is C12H13NO4S. The van der Waals surface area contributed by atoms with Crippen molar-refractivity contribution in [2.45, 2.75) is 25.3 Å². The third kappa shape index (κ3) is 2.96. The average molecular weight is 267 g/mol. The van der Waals surface area contributed by atoms with Gasteiger partial charge in [0.2, 0.25) is 0 Å². The van der Waals surface area contributed by atoms with Crippen LogP contribution in [0.15, 0.2) is 39.8 Å². The first-order valence-electron chi connectivity index (χ1n) is 5.36. The number of aromatic nitrogens is 1. The molecule has 0 spiro atoms. The molecule has 0 saturated carbocycles. The molecule has 0 aliphatic rings. The number of hydrogen-bond acceptors (Lipinski definition) is 5. The van der Waals surface area contributed by atoms with E-state index in [1.54, 1.807) is 25.1 Å². The summed E-state index contributed by atoms with van der Waals surface area (Å²) in [5.41, 5.74) is 1.67. The Balaban J connectivity index is 2.10. The zero-order valence-corrected chi connectivity index (χ0v) is 10.9. The lowest BCUT2D eigenvalue weighted by Gasteiger charge is -2.03. The van der Waals surface area contributed by atoms with Gasteiger partial charge in [0.1, 0.15) is 6.61 Å². The van der Waals surface area contributed by atoms with Crippen LogP contribution in [-0.4, -0.2) is 13.6 Å². The molecule has 0 amide bonds. The zero-order valence-electron chi connectivity index (χ0n) is 10.1. The molecule has 0 aliphatic carbocycles. The van der Waals surface area contributed by atoms with Gasteiger partial charge in [0.05, 0.1) is 10.6 Å². The van der Waals surface area contributed by atoms with Gasteiger partial charge in [0.15, 0.2) is 5.76 Å². The second kappa shape index (κ2) is 4.91. The third-order valence-electron chi connectivity index (χ3n) is 2.34. The van der Waals surface area contributed by atoms with E-state index in [0.29, 0.717) is 11.5 Å². The Bertz CT molecular complexity index is 628. The zero-order chi connectivity index (χ0) is 13.2. The lowest BCUT2D eigenvalue weighted by Crippen LogP contribution is -2.06. The third-order valence-corrected chi connectivity index (χ3v) is 3.62. The Hall–Kier alpha value is -1.66. The van der Waals surface area contributed by atoms with E-state index < -0.39 is 10.1 Å². The summed E-state index contributed by atoms with van der Waals surface area (Å²) in [4.78, 5) is 0.129. The summed E-state index contributed by atoms with van der Waals surface area (Å²) >= 11 is 0. The fourth-order valence-corrected chi connectivity index (χ4v) is 2.27. The first-order chi connectivity index (χ1) is 8.47. The number of nitrogens with zero attached hydrogens (tertiary/aromatic N) is 1. The van der Waals surface area contributed by atoms with Crippen molar-refractivity contribution in [3.63, 3.8) is 0 Å². The van der Waals surface area contributed by atoms with Crippen molar-refractivity contribution in [3.8, 4) is 0 Å². The smallest absolute Gasteiger partial charge is 0.297 e. The first kappa shape index (κ1) is 12.8. The topological polar surface area (TPSA) is 69.4 Å². The highest BCUT2D eigenvalue weighted by molar-refractivity contribution is 7.86. The summed E-state index contributed by atoms with van der Waals surface area (Å²) in [5.74, 6) is 0.378. The van der Waals surface area contributed by atoms with Gasteiger partial charge in [-0.05, 0) is 26.0 Å². The SMILES string of the molecule is Cc1ccc(S(=O)(=O)OCc2cc(C)no2)cc1. The van der Waals surface area contributed by atoms with Crippen LogP contribution in [0.3, 0.4) is 0 Å². The van der Waals surface area contributed by atoms with Crippen molar-refractivity contribution >= 4 is 10.1 Å². The minimum atomic E-state index is -3.75. The Morgan fingerprint density at radius 3 is 2.44 bits per heavy atom. The van der Waals surface area contributed by atoms with Crippen LogP contribution < -0.4 is 0 Å². The van der Waals surface area contributed by atoms with Crippen LogP contribution in [0.1, 0.15) is 17.0 Å². The van der Waals surface area contributed by atoms with Crippen LogP contribution in [0.5, 0.6) is 0 Å². The van der Waals surface area contributed by atoms with Gasteiger partial charge >= 0.3 is 0 Å². The van der Waals surface area contributed by atoms with Crippen molar-refractivity contribution in [3.05, 3.63) is 47.3 Å². The van der Waals surface area contributed by atoms with Crippen LogP contribution in [0, 0.1) is 13.8 Å². The first-order valence-corrected chi connectivity index (χ1v) is 6.76. The van der Waals surface area contributed by atoms with E-state index in [4.69, 9.17) is 8.71 Å². The molecule has 0 bridgehead atoms. The van der Waals surface area contributed by atoms with Gasteiger partial charge in [0.25, 0.3) is 10.1 Å². The average Bonchev–Trinajstić information content (AvgIpc) is 2.73. The van der Waals surface area contributed by atoms with Gasteiger partial charge in [0, 0.05) is 6.07 Å². The molecule has 18 heavy (non-hydrogen) atoms. The van der Waals surface area contributed by atoms with E-state index in [-0.39, 0.29) is 11.5 Å². The van der Waals surface area contributed by atoms with Gasteiger partial charge < -0.3 is 4.52 Å². The molecule has 0 atom stereocenters. The number of hydrogen-bond donors (Lipinski definition) is 0. The second-order valence-electron chi connectivity index (χ2n) is 3.96. The Kier molecular flexibility index (Phi) is 3.49. The molecule has 2 aromatic rings. The summed E-state index contributed by atoms with van der Waals surface area (Å²) in [6.07, 6.45) is 0. The standard InChI is InChI=1S/C12H13NO4S/c1-9-3-5-12(6-4-9)18(14,15)16-8-11-7-10(2)13-17-11/h3-7H,8H2,1-2H3. The quantitative estimate of drug-likeness (QED) is 0.794. The molecule has 5 nitrogen and oxygen atoms in total. The van der Waals surface area contributed by atoms with Gasteiger partial charge in [-0.2, -0.15) is 8.42 Å². The fourth-order valence-electron chi connectivity index (χ4n) is 1.39. The summed E-state index contributed by atoms with van der Waals surface area (Å²) < 4.78 is 33.4. The Morgan fingerprint density at radius 2 is 1.89 bits per heavy atom. The van der Waals surface area contributed by atoms with Crippen LogP contribution in [0.4, 0.5) is 0 Å². The second-order valence-corrected chi connectivity index (χ2v) is 5.58. The van der Waals surface area contributed by atoms with Crippen LogP contribution in [0.2, 0.25) is 0 Å². The van der Waals surface area contributed by atoms with Crippen molar-refractivity contribution in [2.75, 3.05) is 0 Å². The van der Waals surface area contributed by atoms with Crippen molar-refractivity contribution in [2.24, 2.45) is 0 Å². The van der Waals surface area contributed by atoms with Crippen molar-refractivity contribution in [1.82, 2.24) is 5.16 Å². The maximum absolute atomic E-state index is 11.8. The highest BCUT2D eigenvalue weighted by Gasteiger charge is 2.16. The molecule has 0 N–H and O–H groups in total. The predicted molar refractivity (Wildman–Crippen MR) is 64.4 cm³/mol. The Morgan fingerprint density at radius 1 is 1.22 bits per heavy atom. The summed E-state index contributed by atoms with van der Waals surface area (Å²) in [6, 6.07) is 8.08. The molecule has 1 heterocycles. The summed E-state index contributed by atoms with van der Waals surface area (Å²) in [7, 11) is -3.75. The Labute approximate surface area is 105 Å². The van der Waals surface area contributed by atoms with Crippen molar-refractivity contribution in [1.29, 1.82) is 0 Å². The van der Waals surface area contributed by atoms with Gasteiger partial charge in [-0.15, -0.1) is 0 Å². The molecule has 6 heteroatoms. The van der Waals surface area contributed by atoms with Gasteiger partial charge in [-0.1, -0.05) is 22.9 Å². The highest BCUT2D eigenvalue weighted by atomic mass is 32.2. The highest BCUT2D eigenvalue weighted by Crippen LogP contribution is 2.15. The van der Waals surface area contributed by atoms with E-state index in [2.05, 4.69) is 5.16 Å². The summed E-state index contributed by atoms with van der Waals surface area (Å²) in [6.45, 7) is 3.48. The van der Waals surface area contributed by atoms with Crippen LogP contribution in [-0.2, 0) is 20.9 Å². The lowest BCUT2D eigenvalue weighted by atomic mass is 10.2. The molecule has 0 saturated heterocycles. The van der Waals surface area contributed by atoms with E-state index in [0.717, 1.165) is 5.56 Å². The van der Waals surface area contributed by atoms with Gasteiger partial charge in [-0.25, -0.2) is 0 Å². The van der Waals surface area contributed by atoms with Crippen LogP contribution >= 0.6 is 0 Å². The minimum absolute atomic E-state index is 0.129. The molecule has 0 radical (unpaired) electrons. The largest absolute Gasteiger partial charge is 0.359 e. The number of aryl methyl sites for hydroxylation is 2. The van der Waals surface area contributed by atoms with E-state index in [1.165, 1.54) is 12.1 Å². The number of rotatable bonds is 4. The van der Waals surface area contributed by atoms with Crippen LogP contribution in [0.25, 0.3) is 0 Å². The maximum Gasteiger partial charge on any atom is 0.297 e. The predicted octanol–water partition coefficient (Wildman–Crippen LogP) is 2.20. The minimum Gasteiger partial charge on any atom is -0.359 e. The maximum atomic E-state index is 11.8. The van der Waals surface area contributed by atoms with Crippen molar-refractivity contribution < 1.29 is 17.1 Å². The normalized spacial score (nSPS) is 11.7. The molecular weight excluding hydrogens is 254 g/mol. The lowest BCUT2D eigenvalue weighted by molar-refractivity contribution is 0.253. The van der Waals surface area contributed by atoms with E-state index in [1.807, 2.05) is 6.92 Å². The molecule has 0 unspecified atom stereocenters. The molecule has 0 aliphatic heterocycles. The molecule has 96 valence electrons. The molecule has 1 aromatic heterocycles.